The lowest BCUT2D eigenvalue weighted by atomic mass is 10.4. The summed E-state index contributed by atoms with van der Waals surface area (Å²) in [6, 6.07) is 0. The summed E-state index contributed by atoms with van der Waals surface area (Å²) in [6.45, 7) is 8.04. The maximum atomic E-state index is 4.23. The Kier molecular flexibility index (Phi) is 6.24. The quantitative estimate of drug-likeness (QED) is 0.425. The minimum atomic E-state index is 0.916. The van der Waals surface area contributed by atoms with Crippen molar-refractivity contribution in [3.8, 4) is 0 Å². The molecule has 0 rings (SSSR count). The van der Waals surface area contributed by atoms with E-state index in [9.17, 15) is 0 Å². The second kappa shape index (κ2) is 6.59. The minimum Gasteiger partial charge on any atom is -0.469 e. The molecule has 0 amide bonds. The number of hydrogen-bond acceptors (Lipinski definition) is 1. The summed E-state index contributed by atoms with van der Waals surface area (Å²) in [5.41, 5.74) is 0. The first-order valence-corrected chi connectivity index (χ1v) is 3.99. The van der Waals surface area contributed by atoms with E-state index in [1.165, 1.54) is 0 Å². The lowest BCUT2D eigenvalue weighted by molar-refractivity contribution is 0.927. The third-order valence-corrected chi connectivity index (χ3v) is 1.13. The zero-order valence-corrected chi connectivity index (χ0v) is 7.22. The Balaban J connectivity index is 3.30. The van der Waals surface area contributed by atoms with Gasteiger partial charge in [0.2, 0.25) is 0 Å². The molecule has 0 spiro atoms. The smallest absolute Gasteiger partial charge is 0.0482 e. The highest BCUT2D eigenvalue weighted by atomic mass is 15.0. The first-order valence-electron chi connectivity index (χ1n) is 3.99. The average Bonchev–Trinajstić information content (AvgIpc) is 1.97. The summed E-state index contributed by atoms with van der Waals surface area (Å²) in [6.07, 6.45) is 2.22. The summed E-state index contributed by atoms with van der Waals surface area (Å²) in [5, 5.41) is 4.23. The van der Waals surface area contributed by atoms with Crippen LogP contribution in [0.3, 0.4) is 0 Å². The fourth-order valence-corrected chi connectivity index (χ4v) is 0.597. The minimum absolute atomic E-state index is 0.916. The Labute approximate surface area is 63.7 Å². The third-order valence-electron chi connectivity index (χ3n) is 1.13. The molecule has 0 bridgehead atoms. The number of rotatable bonds is 4. The van der Waals surface area contributed by atoms with Gasteiger partial charge in [0, 0.05) is 0 Å². The molecule has 0 aliphatic heterocycles. The maximum Gasteiger partial charge on any atom is -0.0482 e. The SMILES string of the molecule is CCCN=C(C)[N-]CCC. The van der Waals surface area contributed by atoms with E-state index in [1.807, 2.05) is 6.92 Å². The van der Waals surface area contributed by atoms with Gasteiger partial charge in [0.15, 0.2) is 0 Å². The first kappa shape index (κ1) is 9.47. The number of aliphatic imine (C=N–C) groups is 1. The zero-order chi connectivity index (χ0) is 7.82. The molecule has 0 aliphatic carbocycles. The fraction of sp³-hybridized carbons (Fsp3) is 0.875. The van der Waals surface area contributed by atoms with Crippen LogP contribution in [0.15, 0.2) is 4.99 Å². The van der Waals surface area contributed by atoms with E-state index in [-0.39, 0.29) is 0 Å². The first-order chi connectivity index (χ1) is 4.81. The van der Waals surface area contributed by atoms with Gasteiger partial charge in [-0.25, -0.2) is 0 Å². The third kappa shape index (κ3) is 5.60. The van der Waals surface area contributed by atoms with Crippen LogP contribution in [0.2, 0.25) is 0 Å². The summed E-state index contributed by atoms with van der Waals surface area (Å²) >= 11 is 0. The fourth-order valence-electron chi connectivity index (χ4n) is 0.597. The second-order valence-electron chi connectivity index (χ2n) is 2.31. The Morgan fingerprint density at radius 2 is 2.00 bits per heavy atom. The van der Waals surface area contributed by atoms with Crippen molar-refractivity contribution < 1.29 is 0 Å². The van der Waals surface area contributed by atoms with E-state index < -0.39 is 0 Å². The van der Waals surface area contributed by atoms with E-state index in [1.54, 1.807) is 0 Å². The van der Waals surface area contributed by atoms with Crippen LogP contribution in [0.1, 0.15) is 33.6 Å². The summed E-state index contributed by atoms with van der Waals surface area (Å²) in [5.74, 6) is 0.948. The van der Waals surface area contributed by atoms with E-state index in [4.69, 9.17) is 0 Å². The van der Waals surface area contributed by atoms with Gasteiger partial charge in [-0.2, -0.15) is 0 Å². The summed E-state index contributed by atoms with van der Waals surface area (Å²) in [4.78, 5) is 4.23. The van der Waals surface area contributed by atoms with E-state index in [0.29, 0.717) is 0 Å². The van der Waals surface area contributed by atoms with Gasteiger partial charge in [0.05, 0.1) is 0 Å². The molecule has 0 heterocycles. The molecule has 0 saturated heterocycles. The van der Waals surface area contributed by atoms with Crippen molar-refractivity contribution in [1.82, 2.24) is 0 Å². The molecule has 2 nitrogen and oxygen atoms in total. The molecule has 0 N–H and O–H groups in total. The largest absolute Gasteiger partial charge is 0.469 e. The highest BCUT2D eigenvalue weighted by Gasteiger charge is 1.74. The highest BCUT2D eigenvalue weighted by Crippen LogP contribution is 1.93. The summed E-state index contributed by atoms with van der Waals surface area (Å²) < 4.78 is 0. The van der Waals surface area contributed by atoms with Gasteiger partial charge in [-0.05, 0) is 6.92 Å². The number of amidine groups is 1. The Bertz CT molecular complexity index is 97.4. The molecule has 0 radical (unpaired) electrons. The Morgan fingerprint density at radius 1 is 1.30 bits per heavy atom. The Morgan fingerprint density at radius 3 is 2.50 bits per heavy atom. The molecule has 2 heteroatoms. The van der Waals surface area contributed by atoms with Crippen molar-refractivity contribution in [2.75, 3.05) is 13.1 Å². The molecular weight excluding hydrogens is 124 g/mol. The van der Waals surface area contributed by atoms with Crippen LogP contribution in [0.25, 0.3) is 5.32 Å². The van der Waals surface area contributed by atoms with Gasteiger partial charge >= 0.3 is 0 Å². The molecule has 0 unspecified atom stereocenters. The van der Waals surface area contributed by atoms with E-state index in [2.05, 4.69) is 24.2 Å². The van der Waals surface area contributed by atoms with Crippen LogP contribution in [0.4, 0.5) is 0 Å². The van der Waals surface area contributed by atoms with Crippen LogP contribution >= 0.6 is 0 Å². The normalized spacial score (nSPS) is 11.7. The monoisotopic (exact) mass is 141 g/mol. The van der Waals surface area contributed by atoms with Crippen LogP contribution in [-0.2, 0) is 0 Å². The van der Waals surface area contributed by atoms with Gasteiger partial charge in [0.1, 0.15) is 0 Å². The topological polar surface area (TPSA) is 26.5 Å². The van der Waals surface area contributed by atoms with E-state index >= 15 is 0 Å². The zero-order valence-electron chi connectivity index (χ0n) is 7.22. The van der Waals surface area contributed by atoms with E-state index in [0.717, 1.165) is 31.8 Å². The molecule has 0 fully saturated rings. The molecule has 0 aromatic carbocycles. The maximum absolute atomic E-state index is 4.23. The van der Waals surface area contributed by atoms with Crippen molar-refractivity contribution in [3.05, 3.63) is 5.32 Å². The molecule has 0 aliphatic rings. The Hall–Kier alpha value is -0.530. The molecular formula is C8H17N2-. The van der Waals surface area contributed by atoms with Crippen molar-refractivity contribution in [1.29, 1.82) is 0 Å². The molecule has 0 aromatic heterocycles. The predicted octanol–water partition coefficient (Wildman–Crippen LogP) is 2.60. The van der Waals surface area contributed by atoms with Crippen LogP contribution < -0.4 is 0 Å². The second-order valence-corrected chi connectivity index (χ2v) is 2.31. The van der Waals surface area contributed by atoms with Crippen molar-refractivity contribution in [3.63, 3.8) is 0 Å². The lowest BCUT2D eigenvalue weighted by Crippen LogP contribution is -1.93. The van der Waals surface area contributed by atoms with Crippen molar-refractivity contribution >= 4 is 5.84 Å². The van der Waals surface area contributed by atoms with Crippen molar-refractivity contribution in [2.24, 2.45) is 4.99 Å². The van der Waals surface area contributed by atoms with Crippen molar-refractivity contribution in [2.45, 2.75) is 33.6 Å². The van der Waals surface area contributed by atoms with Gasteiger partial charge in [-0.1, -0.05) is 45.6 Å². The molecule has 60 valence electrons. The van der Waals surface area contributed by atoms with Gasteiger partial charge in [-0.3, -0.25) is 0 Å². The molecule has 0 saturated carbocycles. The summed E-state index contributed by atoms with van der Waals surface area (Å²) in [7, 11) is 0. The molecule has 10 heavy (non-hydrogen) atoms. The van der Waals surface area contributed by atoms with Crippen LogP contribution in [-0.4, -0.2) is 18.9 Å². The standard InChI is InChI=1S/C8H17N2/c1-4-6-9-8(3)10-7-5-2/h4-7H2,1-3H3/q-1. The predicted molar refractivity (Wildman–Crippen MR) is 46.8 cm³/mol. The average molecular weight is 141 g/mol. The van der Waals surface area contributed by atoms with Gasteiger partial charge in [-0.15, -0.1) is 0 Å². The molecule has 0 atom stereocenters. The number of hydrogen-bond donors (Lipinski definition) is 0. The van der Waals surface area contributed by atoms with Gasteiger partial charge < -0.3 is 10.3 Å². The lowest BCUT2D eigenvalue weighted by Gasteiger charge is -2.13. The number of nitrogens with zero attached hydrogens (tertiary/aromatic N) is 2. The van der Waals surface area contributed by atoms with Crippen LogP contribution in [0.5, 0.6) is 0 Å². The van der Waals surface area contributed by atoms with Crippen LogP contribution in [0, 0.1) is 0 Å². The highest BCUT2D eigenvalue weighted by molar-refractivity contribution is 5.92. The van der Waals surface area contributed by atoms with Gasteiger partial charge in [0.25, 0.3) is 0 Å². The molecule has 0 aromatic rings.